The first-order valence-electron chi connectivity index (χ1n) is 6.56. The monoisotopic (exact) mass is 299 g/mol. The second kappa shape index (κ2) is 5.82. The highest BCUT2D eigenvalue weighted by molar-refractivity contribution is 5.75. The number of nitrogens with zero attached hydrogens (tertiary/aromatic N) is 3. The molecule has 0 spiro atoms. The molecule has 3 aromatic rings. The second-order valence-corrected chi connectivity index (χ2v) is 4.56. The van der Waals surface area contributed by atoms with Gasteiger partial charge in [-0.3, -0.25) is 4.57 Å². The molecule has 0 aliphatic carbocycles. The second-order valence-electron chi connectivity index (χ2n) is 4.56. The number of para-hydroxylation sites is 3. The van der Waals surface area contributed by atoms with Crippen LogP contribution < -0.4 is 4.74 Å². The fourth-order valence-electron chi connectivity index (χ4n) is 2.24. The van der Waals surface area contributed by atoms with Gasteiger partial charge in [-0.05, 0) is 24.3 Å². The first kappa shape index (κ1) is 14.0. The van der Waals surface area contributed by atoms with Gasteiger partial charge in [0.05, 0.1) is 16.6 Å². The molecule has 0 bridgehead atoms. The summed E-state index contributed by atoms with van der Waals surface area (Å²) in [5.41, 5.74) is 1.18. The molecule has 0 fully saturated rings. The first-order valence-corrected chi connectivity index (χ1v) is 6.56. The van der Waals surface area contributed by atoms with Gasteiger partial charge < -0.3 is 4.74 Å². The quantitative estimate of drug-likeness (QED) is 0.734. The molecule has 0 atom stereocenters. The van der Waals surface area contributed by atoms with Crippen LogP contribution in [-0.2, 0) is 6.61 Å². The molecule has 4 nitrogen and oxygen atoms in total. The molecule has 0 radical (unpaired) electrons. The highest BCUT2D eigenvalue weighted by atomic mass is 19.3. The van der Waals surface area contributed by atoms with E-state index in [0.717, 1.165) is 4.57 Å². The van der Waals surface area contributed by atoms with E-state index in [2.05, 4.69) is 4.98 Å². The normalized spacial score (nSPS) is 10.8. The van der Waals surface area contributed by atoms with E-state index in [0.29, 0.717) is 22.3 Å². The molecule has 0 N–H and O–H groups in total. The number of rotatable bonds is 4. The Morgan fingerprint density at radius 2 is 1.86 bits per heavy atom. The third kappa shape index (κ3) is 2.49. The van der Waals surface area contributed by atoms with Crippen molar-refractivity contribution in [2.24, 2.45) is 0 Å². The highest BCUT2D eigenvalue weighted by Crippen LogP contribution is 2.24. The topological polar surface area (TPSA) is 50.8 Å². The van der Waals surface area contributed by atoms with Gasteiger partial charge in [0, 0.05) is 0 Å². The summed E-state index contributed by atoms with van der Waals surface area (Å²) in [7, 11) is 0. The fraction of sp³-hybridized carbons (Fsp3) is 0.125. The van der Waals surface area contributed by atoms with Crippen molar-refractivity contribution in [2.75, 3.05) is 0 Å². The van der Waals surface area contributed by atoms with Crippen molar-refractivity contribution in [3.05, 3.63) is 59.9 Å². The predicted molar refractivity (Wildman–Crippen MR) is 76.5 cm³/mol. The van der Waals surface area contributed by atoms with Crippen molar-refractivity contribution >= 4 is 11.0 Å². The molecule has 0 unspecified atom stereocenters. The van der Waals surface area contributed by atoms with Gasteiger partial charge >= 0.3 is 6.55 Å². The third-order valence-electron chi connectivity index (χ3n) is 3.23. The van der Waals surface area contributed by atoms with Crippen LogP contribution in [0.3, 0.4) is 0 Å². The van der Waals surface area contributed by atoms with E-state index in [9.17, 15) is 8.78 Å². The molecular weight excluding hydrogens is 288 g/mol. The number of benzene rings is 2. The van der Waals surface area contributed by atoms with Crippen LogP contribution in [0.2, 0.25) is 0 Å². The van der Waals surface area contributed by atoms with Crippen LogP contribution >= 0.6 is 0 Å². The maximum atomic E-state index is 13.3. The SMILES string of the molecule is N#Cc1ccccc1OCc1nc2ccccc2n1C(F)F. The molecule has 0 amide bonds. The third-order valence-corrected chi connectivity index (χ3v) is 3.23. The Morgan fingerprint density at radius 1 is 1.14 bits per heavy atom. The Labute approximate surface area is 125 Å². The van der Waals surface area contributed by atoms with Gasteiger partial charge in [-0.1, -0.05) is 24.3 Å². The van der Waals surface area contributed by atoms with Crippen LogP contribution in [-0.4, -0.2) is 9.55 Å². The van der Waals surface area contributed by atoms with E-state index in [4.69, 9.17) is 10.00 Å². The number of halogens is 2. The molecule has 110 valence electrons. The molecule has 0 saturated heterocycles. The van der Waals surface area contributed by atoms with E-state index in [1.807, 2.05) is 6.07 Å². The maximum Gasteiger partial charge on any atom is 0.320 e. The summed E-state index contributed by atoms with van der Waals surface area (Å²) in [6.45, 7) is -2.85. The minimum atomic E-state index is -2.71. The molecule has 22 heavy (non-hydrogen) atoms. The van der Waals surface area contributed by atoms with Gasteiger partial charge in [0.25, 0.3) is 0 Å². The number of fused-ring (bicyclic) bond motifs is 1. The molecular formula is C16H11F2N3O. The Balaban J connectivity index is 1.94. The van der Waals surface area contributed by atoms with Gasteiger partial charge in [-0.25, -0.2) is 4.98 Å². The molecule has 1 aromatic heterocycles. The number of nitriles is 1. The van der Waals surface area contributed by atoms with E-state index < -0.39 is 6.55 Å². The number of hydrogen-bond acceptors (Lipinski definition) is 3. The number of imidazole rings is 1. The zero-order valence-corrected chi connectivity index (χ0v) is 11.4. The van der Waals surface area contributed by atoms with Crippen LogP contribution in [0.25, 0.3) is 11.0 Å². The lowest BCUT2D eigenvalue weighted by Gasteiger charge is -2.10. The number of alkyl halides is 2. The summed E-state index contributed by atoms with van der Waals surface area (Å²) < 4.78 is 32.9. The van der Waals surface area contributed by atoms with Gasteiger partial charge in [0.2, 0.25) is 0 Å². The Hall–Kier alpha value is -2.94. The zero-order valence-electron chi connectivity index (χ0n) is 11.4. The van der Waals surface area contributed by atoms with E-state index in [1.54, 1.807) is 48.5 Å². The van der Waals surface area contributed by atoms with Crippen molar-refractivity contribution < 1.29 is 13.5 Å². The van der Waals surface area contributed by atoms with Crippen LogP contribution in [0, 0.1) is 11.3 Å². The highest BCUT2D eigenvalue weighted by Gasteiger charge is 2.18. The standard InChI is InChI=1S/C16H11F2N3O/c17-16(18)21-13-7-3-2-6-12(13)20-15(21)10-22-14-8-4-1-5-11(14)9-19/h1-8,16H,10H2. The van der Waals surface area contributed by atoms with E-state index in [1.165, 1.54) is 0 Å². The summed E-state index contributed by atoms with van der Waals surface area (Å²) in [6, 6.07) is 15.3. The molecule has 0 aliphatic heterocycles. The fourth-order valence-corrected chi connectivity index (χ4v) is 2.24. The smallest absolute Gasteiger partial charge is 0.320 e. The van der Waals surface area contributed by atoms with E-state index >= 15 is 0 Å². The van der Waals surface area contributed by atoms with Gasteiger partial charge in [0.15, 0.2) is 5.82 Å². The van der Waals surface area contributed by atoms with E-state index in [-0.39, 0.29) is 12.4 Å². The molecule has 0 saturated carbocycles. The van der Waals surface area contributed by atoms with Gasteiger partial charge in [0.1, 0.15) is 18.4 Å². The predicted octanol–water partition coefficient (Wildman–Crippen LogP) is 3.88. The molecule has 3 rings (SSSR count). The lowest BCUT2D eigenvalue weighted by molar-refractivity contribution is 0.0677. The van der Waals surface area contributed by atoms with Crippen LogP contribution in [0.15, 0.2) is 48.5 Å². The van der Waals surface area contributed by atoms with Crippen molar-refractivity contribution in [2.45, 2.75) is 13.2 Å². The van der Waals surface area contributed by atoms with Crippen molar-refractivity contribution in [1.82, 2.24) is 9.55 Å². The largest absolute Gasteiger partial charge is 0.484 e. The Morgan fingerprint density at radius 3 is 2.64 bits per heavy atom. The first-order chi connectivity index (χ1) is 10.7. The summed E-state index contributed by atoms with van der Waals surface area (Å²) in [5, 5.41) is 9.00. The Bertz CT molecular complexity index is 852. The van der Waals surface area contributed by atoms with Crippen molar-refractivity contribution in [3.8, 4) is 11.8 Å². The minimum Gasteiger partial charge on any atom is -0.484 e. The summed E-state index contributed by atoms with van der Waals surface area (Å²) >= 11 is 0. The van der Waals surface area contributed by atoms with Gasteiger partial charge in [-0.2, -0.15) is 14.0 Å². The van der Waals surface area contributed by atoms with Gasteiger partial charge in [-0.15, -0.1) is 0 Å². The molecule has 0 aliphatic rings. The average Bonchev–Trinajstić information content (AvgIpc) is 2.91. The van der Waals surface area contributed by atoms with Crippen LogP contribution in [0.4, 0.5) is 8.78 Å². The van der Waals surface area contributed by atoms with Crippen molar-refractivity contribution in [3.63, 3.8) is 0 Å². The number of hydrogen-bond donors (Lipinski definition) is 0. The lowest BCUT2D eigenvalue weighted by Crippen LogP contribution is -2.08. The molecule has 1 heterocycles. The molecule has 2 aromatic carbocycles. The number of aromatic nitrogens is 2. The summed E-state index contributed by atoms with van der Waals surface area (Å²) in [6.07, 6.45) is 0. The zero-order chi connectivity index (χ0) is 15.5. The van der Waals surface area contributed by atoms with Crippen LogP contribution in [0.1, 0.15) is 17.9 Å². The maximum absolute atomic E-state index is 13.3. The minimum absolute atomic E-state index is 0.115. The van der Waals surface area contributed by atoms with Crippen LogP contribution in [0.5, 0.6) is 5.75 Å². The molecule has 6 heteroatoms. The summed E-state index contributed by atoms with van der Waals surface area (Å²) in [5.74, 6) is 0.460. The number of ether oxygens (including phenoxy) is 1. The van der Waals surface area contributed by atoms with Crippen molar-refractivity contribution in [1.29, 1.82) is 5.26 Å². The average molecular weight is 299 g/mol. The lowest BCUT2D eigenvalue weighted by atomic mass is 10.2. The Kier molecular flexibility index (Phi) is 3.71. The summed E-state index contributed by atoms with van der Waals surface area (Å²) in [4.78, 5) is 4.18.